The van der Waals surface area contributed by atoms with Gasteiger partial charge >= 0.3 is 0 Å². The number of halogens is 1. The van der Waals surface area contributed by atoms with Gasteiger partial charge in [-0.1, -0.05) is 0 Å². The Labute approximate surface area is 140 Å². The maximum absolute atomic E-state index is 12.0. The van der Waals surface area contributed by atoms with Gasteiger partial charge in [-0.3, -0.25) is 4.79 Å². The van der Waals surface area contributed by atoms with Gasteiger partial charge in [0.15, 0.2) is 18.9 Å². The zero-order valence-corrected chi connectivity index (χ0v) is 13.4. The van der Waals surface area contributed by atoms with E-state index in [-0.39, 0.29) is 24.9 Å². The van der Waals surface area contributed by atoms with E-state index >= 15 is 0 Å². The first kappa shape index (κ1) is 18.6. The Morgan fingerprint density at radius 1 is 1.35 bits per heavy atom. The number of hydrogen-bond donors (Lipinski definition) is 2. The van der Waals surface area contributed by atoms with Gasteiger partial charge in [0.25, 0.3) is 5.91 Å². The highest BCUT2D eigenvalue weighted by Crippen LogP contribution is 2.09. The number of nitrogens with one attached hydrogen (secondary N) is 1. The fraction of sp³-hybridized carbons (Fsp3) is 0.188. The van der Waals surface area contributed by atoms with Crippen LogP contribution in [0.4, 0.5) is 0 Å². The highest BCUT2D eigenvalue weighted by molar-refractivity contribution is 5.94. The minimum Gasteiger partial charge on any atom is -1.00 e. The van der Waals surface area contributed by atoms with E-state index < -0.39 is 0 Å². The molecule has 1 aromatic heterocycles. The highest BCUT2D eigenvalue weighted by atomic mass is 35.5. The second-order valence-electron chi connectivity index (χ2n) is 4.53. The molecule has 122 valence electrons. The number of nitrogens with zero attached hydrogens (tertiary/aromatic N) is 2. The molecular weight excluding hydrogens is 318 g/mol. The Morgan fingerprint density at radius 3 is 2.74 bits per heavy atom. The number of hydrogen-bond acceptors (Lipinski definition) is 4. The van der Waals surface area contributed by atoms with Crippen molar-refractivity contribution in [1.29, 1.82) is 0 Å². The van der Waals surface area contributed by atoms with Crippen molar-refractivity contribution in [1.82, 2.24) is 5.43 Å². The Balaban J connectivity index is 0.00000264. The summed E-state index contributed by atoms with van der Waals surface area (Å²) < 4.78 is 6.80. The third-order valence-electron chi connectivity index (χ3n) is 2.97. The molecule has 0 aliphatic carbocycles. The van der Waals surface area contributed by atoms with Crippen LogP contribution < -0.4 is 27.1 Å². The Hall–Kier alpha value is -2.44. The topological polar surface area (TPSA) is 74.8 Å². The van der Waals surface area contributed by atoms with Crippen LogP contribution in [0.25, 0.3) is 0 Å². The average molecular weight is 336 g/mol. The lowest BCUT2D eigenvalue weighted by molar-refractivity contribution is -0.698. The molecule has 0 saturated heterocycles. The molecule has 2 N–H and O–H groups in total. The fourth-order valence-corrected chi connectivity index (χ4v) is 1.83. The normalized spacial score (nSPS) is 10.2. The quantitative estimate of drug-likeness (QED) is 0.355. The standard InChI is InChI=1S/C16H17N3O3.ClH/c1-22-15-6-4-13(5-7-15)11-17-18-16(21)14-3-2-8-19(12-14)9-10-20;/h2-8,11-12,20H,9-10H2,1H3;1H/b17-11+;. The van der Waals surface area contributed by atoms with Crippen LogP contribution in [0, 0.1) is 0 Å². The Morgan fingerprint density at radius 2 is 2.09 bits per heavy atom. The van der Waals surface area contributed by atoms with Crippen molar-refractivity contribution in [2.75, 3.05) is 13.7 Å². The summed E-state index contributed by atoms with van der Waals surface area (Å²) in [7, 11) is 1.60. The Kier molecular flexibility index (Phi) is 7.73. The highest BCUT2D eigenvalue weighted by Gasteiger charge is 2.09. The number of rotatable bonds is 6. The summed E-state index contributed by atoms with van der Waals surface area (Å²) in [6.07, 6.45) is 5.00. The number of methoxy groups -OCH3 is 1. The summed E-state index contributed by atoms with van der Waals surface area (Å²) in [4.78, 5) is 12.0. The van der Waals surface area contributed by atoms with E-state index in [0.717, 1.165) is 11.3 Å². The van der Waals surface area contributed by atoms with Crippen LogP contribution in [-0.2, 0) is 6.54 Å². The van der Waals surface area contributed by atoms with Crippen molar-refractivity contribution in [2.24, 2.45) is 5.10 Å². The fourth-order valence-electron chi connectivity index (χ4n) is 1.83. The van der Waals surface area contributed by atoms with Gasteiger partial charge in [0.1, 0.15) is 17.9 Å². The number of amides is 1. The number of ether oxygens (including phenoxy) is 1. The van der Waals surface area contributed by atoms with Crippen LogP contribution >= 0.6 is 0 Å². The first-order chi connectivity index (χ1) is 10.7. The number of aliphatic hydroxyl groups is 1. The van der Waals surface area contributed by atoms with Gasteiger partial charge in [-0.05, 0) is 35.9 Å². The van der Waals surface area contributed by atoms with E-state index in [1.165, 1.54) is 0 Å². The molecule has 0 aliphatic heterocycles. The number of aliphatic hydroxyl groups excluding tert-OH is 1. The molecule has 2 aromatic rings. The maximum Gasteiger partial charge on any atom is 0.277 e. The second kappa shape index (κ2) is 9.55. The summed E-state index contributed by atoms with van der Waals surface area (Å²) in [5.41, 5.74) is 3.80. The molecule has 0 atom stereocenters. The van der Waals surface area contributed by atoms with Gasteiger partial charge in [0.05, 0.1) is 13.3 Å². The molecule has 1 amide bonds. The van der Waals surface area contributed by atoms with Crippen molar-refractivity contribution >= 4 is 12.1 Å². The van der Waals surface area contributed by atoms with Crippen LogP contribution in [0.15, 0.2) is 53.9 Å². The first-order valence-corrected chi connectivity index (χ1v) is 6.80. The number of pyridine rings is 1. The predicted molar refractivity (Wildman–Crippen MR) is 81.8 cm³/mol. The number of hydrazone groups is 1. The SMILES string of the molecule is COc1ccc(/C=N/NC(=O)c2ccc[n+](CCO)c2)cc1.[Cl-]. The van der Waals surface area contributed by atoms with Crippen molar-refractivity contribution < 1.29 is 31.6 Å². The van der Waals surface area contributed by atoms with Crippen LogP contribution in [0.1, 0.15) is 15.9 Å². The van der Waals surface area contributed by atoms with Gasteiger partial charge < -0.3 is 22.3 Å². The molecule has 23 heavy (non-hydrogen) atoms. The van der Waals surface area contributed by atoms with Gasteiger partial charge in [0.2, 0.25) is 0 Å². The lowest BCUT2D eigenvalue weighted by Crippen LogP contribution is -3.00. The lowest BCUT2D eigenvalue weighted by atomic mass is 10.2. The molecule has 1 aromatic carbocycles. The van der Waals surface area contributed by atoms with E-state index in [4.69, 9.17) is 9.84 Å². The summed E-state index contributed by atoms with van der Waals surface area (Å²) in [6.45, 7) is 0.460. The first-order valence-electron chi connectivity index (χ1n) is 6.80. The molecule has 1 heterocycles. The number of carbonyl (C=O) groups excluding carboxylic acids is 1. The van der Waals surface area contributed by atoms with Crippen LogP contribution in [0.2, 0.25) is 0 Å². The van der Waals surface area contributed by atoms with Crippen LogP contribution in [-0.4, -0.2) is 30.9 Å². The van der Waals surface area contributed by atoms with E-state index in [0.29, 0.717) is 12.1 Å². The minimum absolute atomic E-state index is 0. The van der Waals surface area contributed by atoms with E-state index in [1.807, 2.05) is 24.3 Å². The second-order valence-corrected chi connectivity index (χ2v) is 4.53. The molecule has 0 aliphatic rings. The third kappa shape index (κ3) is 5.69. The number of aromatic nitrogens is 1. The summed E-state index contributed by atoms with van der Waals surface area (Å²) in [6, 6.07) is 10.7. The van der Waals surface area contributed by atoms with Gasteiger partial charge in [-0.25, -0.2) is 9.99 Å². The van der Waals surface area contributed by atoms with Crippen molar-refractivity contribution in [2.45, 2.75) is 6.54 Å². The zero-order chi connectivity index (χ0) is 15.8. The third-order valence-corrected chi connectivity index (χ3v) is 2.97. The molecule has 2 rings (SSSR count). The monoisotopic (exact) mass is 335 g/mol. The number of carbonyl (C=O) groups is 1. The Bertz CT molecular complexity index is 660. The largest absolute Gasteiger partial charge is 1.00 e. The lowest BCUT2D eigenvalue weighted by Gasteiger charge is -2.00. The van der Waals surface area contributed by atoms with Gasteiger partial charge in [-0.2, -0.15) is 5.10 Å². The number of benzene rings is 1. The predicted octanol–water partition coefficient (Wildman–Crippen LogP) is -2.26. The van der Waals surface area contributed by atoms with Crippen LogP contribution in [0.5, 0.6) is 5.75 Å². The smallest absolute Gasteiger partial charge is 0.277 e. The molecule has 0 spiro atoms. The minimum atomic E-state index is -0.308. The van der Waals surface area contributed by atoms with Crippen molar-refractivity contribution in [3.8, 4) is 5.75 Å². The molecule has 0 fully saturated rings. The summed E-state index contributed by atoms with van der Waals surface area (Å²) >= 11 is 0. The molecular formula is C16H18ClN3O3. The molecule has 0 unspecified atom stereocenters. The summed E-state index contributed by atoms with van der Waals surface area (Å²) in [5.74, 6) is 0.455. The summed E-state index contributed by atoms with van der Waals surface area (Å²) in [5, 5.41) is 12.8. The van der Waals surface area contributed by atoms with E-state index in [2.05, 4.69) is 10.5 Å². The average Bonchev–Trinajstić information content (AvgIpc) is 2.56. The molecule has 0 bridgehead atoms. The molecule has 6 nitrogen and oxygen atoms in total. The van der Waals surface area contributed by atoms with Crippen LogP contribution in [0.3, 0.4) is 0 Å². The molecule has 0 saturated carbocycles. The van der Waals surface area contributed by atoms with Gasteiger partial charge in [-0.15, -0.1) is 0 Å². The molecule has 0 radical (unpaired) electrons. The van der Waals surface area contributed by atoms with Crippen molar-refractivity contribution in [3.63, 3.8) is 0 Å². The zero-order valence-electron chi connectivity index (χ0n) is 12.6. The van der Waals surface area contributed by atoms with E-state index in [1.54, 1.807) is 42.4 Å². The molecule has 7 heteroatoms. The van der Waals surface area contributed by atoms with Gasteiger partial charge in [0, 0.05) is 6.07 Å². The van der Waals surface area contributed by atoms with E-state index in [9.17, 15) is 4.79 Å². The van der Waals surface area contributed by atoms with Crippen molar-refractivity contribution in [3.05, 3.63) is 59.9 Å². The maximum atomic E-state index is 12.0.